The fourth-order valence-electron chi connectivity index (χ4n) is 4.40. The molecular weight excluding hydrogens is 270 g/mol. The van der Waals surface area contributed by atoms with Crippen LogP contribution in [0.4, 0.5) is 0 Å². The van der Waals surface area contributed by atoms with Crippen molar-refractivity contribution in [3.05, 3.63) is 0 Å². The molecule has 0 aliphatic carbocycles. The van der Waals surface area contributed by atoms with E-state index in [9.17, 15) is 9.59 Å². The van der Waals surface area contributed by atoms with Gasteiger partial charge in [0.15, 0.2) is 0 Å². The number of likely N-dealkylation sites (tertiary alicyclic amines) is 1. The molecule has 4 fully saturated rings. The fourth-order valence-corrected chi connectivity index (χ4v) is 4.40. The van der Waals surface area contributed by atoms with Gasteiger partial charge in [0.05, 0.1) is 25.3 Å². The summed E-state index contributed by atoms with van der Waals surface area (Å²) in [7, 11) is 1.82. The largest absolute Gasteiger partial charge is 0.374 e. The van der Waals surface area contributed by atoms with Crippen molar-refractivity contribution in [3.63, 3.8) is 0 Å². The van der Waals surface area contributed by atoms with Gasteiger partial charge in [0.25, 0.3) is 0 Å². The van der Waals surface area contributed by atoms with Crippen LogP contribution in [-0.2, 0) is 14.3 Å². The Hall–Kier alpha value is -1.14. The lowest BCUT2D eigenvalue weighted by Crippen LogP contribution is -2.51. The zero-order valence-corrected chi connectivity index (χ0v) is 12.5. The first-order chi connectivity index (χ1) is 10.1. The second-order valence-electron chi connectivity index (χ2n) is 6.94. The van der Waals surface area contributed by atoms with Crippen LogP contribution in [-0.4, -0.2) is 85.0 Å². The average molecular weight is 293 g/mol. The monoisotopic (exact) mass is 293 g/mol. The first-order valence-corrected chi connectivity index (χ1v) is 8.01. The smallest absolute Gasteiger partial charge is 0.236 e. The van der Waals surface area contributed by atoms with Crippen LogP contribution >= 0.6 is 0 Å². The summed E-state index contributed by atoms with van der Waals surface area (Å²) in [5, 5.41) is 0. The van der Waals surface area contributed by atoms with Gasteiger partial charge in [-0.25, -0.2) is 0 Å². The number of fused-ring (bicyclic) bond motifs is 5. The number of likely N-dealkylation sites (N-methyl/N-ethyl adjacent to an activating group) is 1. The van der Waals surface area contributed by atoms with Gasteiger partial charge in [0.1, 0.15) is 0 Å². The molecule has 4 saturated heterocycles. The predicted molar refractivity (Wildman–Crippen MR) is 75.5 cm³/mol. The van der Waals surface area contributed by atoms with E-state index in [2.05, 4.69) is 0 Å². The van der Waals surface area contributed by atoms with Crippen molar-refractivity contribution in [2.75, 3.05) is 46.3 Å². The fraction of sp³-hybridized carbons (Fsp3) is 0.867. The van der Waals surface area contributed by atoms with Crippen LogP contribution in [0.1, 0.15) is 12.8 Å². The van der Waals surface area contributed by atoms with Crippen LogP contribution in [0.5, 0.6) is 0 Å². The van der Waals surface area contributed by atoms with Crippen molar-refractivity contribution in [2.45, 2.75) is 25.0 Å². The van der Waals surface area contributed by atoms with Crippen molar-refractivity contribution in [3.8, 4) is 0 Å². The Morgan fingerprint density at radius 3 is 2.48 bits per heavy atom. The quantitative estimate of drug-likeness (QED) is 0.682. The summed E-state index contributed by atoms with van der Waals surface area (Å²) in [4.78, 5) is 29.9. The Morgan fingerprint density at radius 1 is 1.19 bits per heavy atom. The second-order valence-corrected chi connectivity index (χ2v) is 6.94. The van der Waals surface area contributed by atoms with Gasteiger partial charge >= 0.3 is 0 Å². The van der Waals surface area contributed by atoms with Crippen LogP contribution in [0.3, 0.4) is 0 Å². The molecule has 0 radical (unpaired) electrons. The number of hydrogen-bond acceptors (Lipinski definition) is 4. The molecule has 0 N–H and O–H groups in total. The van der Waals surface area contributed by atoms with Gasteiger partial charge in [-0.2, -0.15) is 0 Å². The molecule has 2 amide bonds. The normalized spacial score (nSPS) is 39.2. The van der Waals surface area contributed by atoms with Crippen molar-refractivity contribution in [2.24, 2.45) is 11.8 Å². The molecule has 0 spiro atoms. The molecule has 0 saturated carbocycles. The molecule has 0 aromatic carbocycles. The highest BCUT2D eigenvalue weighted by Gasteiger charge is 2.53. The first kappa shape index (κ1) is 13.5. The molecule has 4 unspecified atom stereocenters. The van der Waals surface area contributed by atoms with Crippen LogP contribution in [0.25, 0.3) is 0 Å². The van der Waals surface area contributed by atoms with E-state index in [4.69, 9.17) is 4.74 Å². The molecule has 4 rings (SSSR count). The SMILES string of the molecule is CN1CCN(CC(=O)N2CC3C4CCC(O4)C3C2)CC1=O. The van der Waals surface area contributed by atoms with Crippen LogP contribution in [0.15, 0.2) is 0 Å². The van der Waals surface area contributed by atoms with Gasteiger partial charge in [-0.3, -0.25) is 14.5 Å². The van der Waals surface area contributed by atoms with E-state index in [0.717, 1.165) is 26.2 Å². The summed E-state index contributed by atoms with van der Waals surface area (Å²) in [5.74, 6) is 1.41. The van der Waals surface area contributed by atoms with E-state index < -0.39 is 0 Å². The summed E-state index contributed by atoms with van der Waals surface area (Å²) in [6.07, 6.45) is 3.12. The number of piperazine rings is 1. The number of amides is 2. The maximum atomic E-state index is 12.5. The van der Waals surface area contributed by atoms with E-state index in [-0.39, 0.29) is 11.8 Å². The molecule has 6 heteroatoms. The summed E-state index contributed by atoms with van der Waals surface area (Å²) in [6, 6.07) is 0. The molecule has 2 bridgehead atoms. The highest BCUT2D eigenvalue weighted by molar-refractivity contribution is 5.82. The van der Waals surface area contributed by atoms with Crippen molar-refractivity contribution < 1.29 is 14.3 Å². The van der Waals surface area contributed by atoms with E-state index in [1.807, 2.05) is 16.8 Å². The molecular formula is C15H23N3O3. The molecule has 0 aromatic rings. The summed E-state index contributed by atoms with van der Waals surface area (Å²) < 4.78 is 5.94. The highest BCUT2D eigenvalue weighted by Crippen LogP contribution is 2.47. The third kappa shape index (κ3) is 2.25. The number of rotatable bonds is 2. The molecule has 21 heavy (non-hydrogen) atoms. The number of carbonyl (C=O) groups is 2. The summed E-state index contributed by atoms with van der Waals surface area (Å²) >= 11 is 0. The zero-order valence-electron chi connectivity index (χ0n) is 12.5. The maximum absolute atomic E-state index is 12.5. The van der Waals surface area contributed by atoms with Crippen LogP contribution in [0.2, 0.25) is 0 Å². The molecule has 4 aliphatic rings. The maximum Gasteiger partial charge on any atom is 0.236 e. The minimum absolute atomic E-state index is 0.110. The molecule has 6 nitrogen and oxygen atoms in total. The Labute approximate surface area is 125 Å². The Bertz CT molecular complexity index is 451. The average Bonchev–Trinajstić information content (AvgIpc) is 3.13. The lowest BCUT2D eigenvalue weighted by molar-refractivity contribution is -0.138. The number of ether oxygens (including phenoxy) is 1. The Morgan fingerprint density at radius 2 is 1.86 bits per heavy atom. The van der Waals surface area contributed by atoms with Gasteiger partial charge in [0.2, 0.25) is 11.8 Å². The highest BCUT2D eigenvalue weighted by atomic mass is 16.5. The lowest BCUT2D eigenvalue weighted by Gasteiger charge is -2.32. The lowest BCUT2D eigenvalue weighted by atomic mass is 9.82. The van der Waals surface area contributed by atoms with E-state index in [1.54, 1.807) is 4.90 Å². The molecule has 4 aliphatic heterocycles. The van der Waals surface area contributed by atoms with Crippen molar-refractivity contribution >= 4 is 11.8 Å². The van der Waals surface area contributed by atoms with Gasteiger partial charge < -0.3 is 14.5 Å². The second kappa shape index (κ2) is 4.95. The van der Waals surface area contributed by atoms with Gasteiger partial charge in [-0.1, -0.05) is 0 Å². The minimum Gasteiger partial charge on any atom is -0.374 e. The topological polar surface area (TPSA) is 53.1 Å². The van der Waals surface area contributed by atoms with Gasteiger partial charge in [0, 0.05) is 45.1 Å². The Kier molecular flexibility index (Phi) is 3.19. The third-order valence-electron chi connectivity index (χ3n) is 5.70. The molecule has 0 aromatic heterocycles. The van der Waals surface area contributed by atoms with Crippen LogP contribution in [0, 0.1) is 11.8 Å². The van der Waals surface area contributed by atoms with Gasteiger partial charge in [-0.05, 0) is 12.8 Å². The number of hydrogen-bond donors (Lipinski definition) is 0. The van der Waals surface area contributed by atoms with Crippen molar-refractivity contribution in [1.82, 2.24) is 14.7 Å². The first-order valence-electron chi connectivity index (χ1n) is 8.01. The van der Waals surface area contributed by atoms with E-state index >= 15 is 0 Å². The number of carbonyl (C=O) groups excluding carboxylic acids is 2. The van der Waals surface area contributed by atoms with E-state index in [0.29, 0.717) is 37.1 Å². The summed E-state index contributed by atoms with van der Waals surface area (Å²) in [6.45, 7) is 3.98. The minimum atomic E-state index is 0.110. The van der Waals surface area contributed by atoms with E-state index in [1.165, 1.54) is 12.8 Å². The Balaban J connectivity index is 1.33. The van der Waals surface area contributed by atoms with Crippen molar-refractivity contribution in [1.29, 1.82) is 0 Å². The summed E-state index contributed by atoms with van der Waals surface area (Å²) in [5.41, 5.74) is 0. The zero-order chi connectivity index (χ0) is 14.6. The molecule has 4 atom stereocenters. The standard InChI is InChI=1S/C15H23N3O3/c1-16-4-5-17(8-14(16)19)9-15(20)18-6-10-11(7-18)13-3-2-12(10)21-13/h10-13H,2-9H2,1H3. The van der Waals surface area contributed by atoms with Crippen LogP contribution < -0.4 is 0 Å². The number of nitrogens with zero attached hydrogens (tertiary/aromatic N) is 3. The predicted octanol–water partition coefficient (Wildman–Crippen LogP) is -0.604. The molecule has 4 heterocycles. The third-order valence-corrected chi connectivity index (χ3v) is 5.70. The molecule has 116 valence electrons. The van der Waals surface area contributed by atoms with Gasteiger partial charge in [-0.15, -0.1) is 0 Å².